The number of ether oxygens (including phenoxy) is 2. The molecule has 0 atom stereocenters. The lowest BCUT2D eigenvalue weighted by atomic mass is 10.1. The van der Waals surface area contributed by atoms with Crippen molar-refractivity contribution in [1.82, 2.24) is 4.57 Å². The minimum absolute atomic E-state index is 0.00593. The average Bonchev–Trinajstić information content (AvgIpc) is 2.89. The summed E-state index contributed by atoms with van der Waals surface area (Å²) in [4.78, 5) is 31.1. The Labute approximate surface area is 222 Å². The zero-order chi connectivity index (χ0) is 27.4. The van der Waals surface area contributed by atoms with Gasteiger partial charge < -0.3 is 28.9 Å². The number of amides is 1. The number of hydrogen-bond donors (Lipinski definition) is 1. The van der Waals surface area contributed by atoms with Gasteiger partial charge in [0.05, 0.1) is 24.4 Å². The Balaban J connectivity index is 1.94. The summed E-state index contributed by atoms with van der Waals surface area (Å²) < 4.78 is 13.2. The van der Waals surface area contributed by atoms with E-state index in [1.807, 2.05) is 76.2 Å². The summed E-state index contributed by atoms with van der Waals surface area (Å²) in [7, 11) is 3.86. The Bertz CT molecular complexity index is 1500. The molecule has 1 N–H and O–H groups in total. The summed E-state index contributed by atoms with van der Waals surface area (Å²) in [6, 6.07) is 17.5. The van der Waals surface area contributed by atoms with Crippen LogP contribution in [0.3, 0.4) is 0 Å². The molecule has 8 nitrogen and oxygen atoms in total. The Hall–Kier alpha value is -4.46. The van der Waals surface area contributed by atoms with Crippen LogP contribution in [0.1, 0.15) is 31.1 Å². The van der Waals surface area contributed by atoms with Gasteiger partial charge in [0.1, 0.15) is 22.8 Å². The zero-order valence-electron chi connectivity index (χ0n) is 22.4. The molecule has 0 saturated heterocycles. The van der Waals surface area contributed by atoms with Gasteiger partial charge in [-0.25, -0.2) is 0 Å². The van der Waals surface area contributed by atoms with Crippen molar-refractivity contribution in [1.29, 1.82) is 0 Å². The van der Waals surface area contributed by atoms with Crippen molar-refractivity contribution in [2.45, 2.75) is 20.8 Å². The molecule has 3 aromatic carbocycles. The predicted octanol–water partition coefficient (Wildman–Crippen LogP) is 5.23. The fourth-order valence-corrected chi connectivity index (χ4v) is 4.40. The van der Waals surface area contributed by atoms with Crippen molar-refractivity contribution in [3.05, 3.63) is 82.6 Å². The number of phenolic OH excluding ortho intramolecular Hbond substituents is 1. The van der Waals surface area contributed by atoms with E-state index in [-0.39, 0.29) is 11.3 Å². The lowest BCUT2D eigenvalue weighted by Crippen LogP contribution is -2.35. The summed E-state index contributed by atoms with van der Waals surface area (Å²) in [5.41, 5.74) is 2.32. The van der Waals surface area contributed by atoms with Gasteiger partial charge >= 0.3 is 0 Å². The Kier molecular flexibility index (Phi) is 7.90. The topological polar surface area (TPSA) is 84.2 Å². The second-order valence-corrected chi connectivity index (χ2v) is 8.94. The monoisotopic (exact) mass is 515 g/mol. The molecule has 4 aromatic rings. The Morgan fingerprint density at radius 3 is 2.16 bits per heavy atom. The van der Waals surface area contributed by atoms with Crippen molar-refractivity contribution >= 4 is 28.2 Å². The number of aromatic nitrogens is 1. The van der Waals surface area contributed by atoms with Gasteiger partial charge in [0.25, 0.3) is 5.91 Å². The van der Waals surface area contributed by atoms with Gasteiger partial charge in [-0.1, -0.05) is 6.07 Å². The maximum atomic E-state index is 13.9. The van der Waals surface area contributed by atoms with E-state index in [2.05, 4.69) is 0 Å². The molecule has 0 spiro atoms. The molecular formula is C30H33N3O5. The van der Waals surface area contributed by atoms with E-state index in [4.69, 9.17) is 9.47 Å². The fraction of sp³-hybridized carbons (Fsp3) is 0.267. The van der Waals surface area contributed by atoms with E-state index < -0.39 is 11.3 Å². The fourth-order valence-electron chi connectivity index (χ4n) is 4.40. The number of nitrogens with zero attached hydrogens (tertiary/aromatic N) is 3. The molecule has 0 fully saturated rings. The van der Waals surface area contributed by atoms with Crippen LogP contribution in [0.4, 0.5) is 11.4 Å². The normalized spacial score (nSPS) is 10.9. The van der Waals surface area contributed by atoms with Crippen molar-refractivity contribution in [3.63, 3.8) is 0 Å². The van der Waals surface area contributed by atoms with Crippen LogP contribution in [0.2, 0.25) is 0 Å². The Morgan fingerprint density at radius 2 is 1.55 bits per heavy atom. The molecule has 0 bridgehead atoms. The van der Waals surface area contributed by atoms with E-state index in [9.17, 15) is 14.7 Å². The van der Waals surface area contributed by atoms with Gasteiger partial charge in [-0.15, -0.1) is 0 Å². The van der Waals surface area contributed by atoms with Crippen LogP contribution in [0.15, 0.2) is 71.7 Å². The number of rotatable bonds is 9. The maximum Gasteiger partial charge on any atom is 0.263 e. The van der Waals surface area contributed by atoms with Crippen LogP contribution >= 0.6 is 0 Å². The quantitative estimate of drug-likeness (QED) is 0.329. The van der Waals surface area contributed by atoms with E-state index in [1.165, 1.54) is 18.3 Å². The van der Waals surface area contributed by atoms with Crippen molar-refractivity contribution in [3.8, 4) is 22.9 Å². The first-order valence-electron chi connectivity index (χ1n) is 12.7. The molecule has 0 saturated carbocycles. The summed E-state index contributed by atoms with van der Waals surface area (Å²) in [6.07, 6.45) is 1.53. The highest BCUT2D eigenvalue weighted by atomic mass is 16.5. The molecule has 1 aromatic heterocycles. The lowest BCUT2D eigenvalue weighted by molar-refractivity contribution is 0.0987. The number of phenols is 1. The molecule has 0 aliphatic heterocycles. The molecule has 0 unspecified atom stereocenters. The van der Waals surface area contributed by atoms with Gasteiger partial charge in [0.2, 0.25) is 5.43 Å². The number of carbonyl (C=O) groups excluding carboxylic acids is 1. The number of benzene rings is 3. The first-order chi connectivity index (χ1) is 18.3. The van der Waals surface area contributed by atoms with E-state index in [1.54, 1.807) is 21.6 Å². The van der Waals surface area contributed by atoms with Gasteiger partial charge in [-0.05, 0) is 51.1 Å². The molecule has 38 heavy (non-hydrogen) atoms. The highest BCUT2D eigenvalue weighted by molar-refractivity contribution is 6.07. The lowest BCUT2D eigenvalue weighted by Gasteiger charge is -2.24. The van der Waals surface area contributed by atoms with Gasteiger partial charge in [-0.2, -0.15) is 0 Å². The maximum absolute atomic E-state index is 13.9. The third kappa shape index (κ3) is 5.29. The summed E-state index contributed by atoms with van der Waals surface area (Å²) in [5, 5.41) is 10.6. The molecule has 1 amide bonds. The third-order valence-corrected chi connectivity index (χ3v) is 6.20. The van der Waals surface area contributed by atoms with Crippen LogP contribution in [0.25, 0.3) is 16.6 Å². The molecule has 4 rings (SSSR count). The number of pyridine rings is 1. The van der Waals surface area contributed by atoms with Gasteiger partial charge in [0, 0.05) is 67.9 Å². The molecule has 0 aliphatic carbocycles. The summed E-state index contributed by atoms with van der Waals surface area (Å²) in [5.74, 6) is 0.766. The second-order valence-electron chi connectivity index (χ2n) is 8.94. The minimum atomic E-state index is -0.414. The second kappa shape index (κ2) is 11.3. The van der Waals surface area contributed by atoms with Crippen LogP contribution in [0.5, 0.6) is 17.2 Å². The standard InChI is InChI=1S/C30H33N3O5/c1-6-32(21-11-9-10-20(14-21)31(4)5)30(36)27-19-33(28-17-23(34)12-13-26(28)29(27)35)22-15-24(37-7-2)18-25(16-22)38-8-3/h9-19,34H,6-8H2,1-5H3. The zero-order valence-corrected chi connectivity index (χ0v) is 22.4. The molecule has 0 aliphatic rings. The Morgan fingerprint density at radius 1 is 0.895 bits per heavy atom. The SMILES string of the molecule is CCOc1cc(OCC)cc(-n2cc(C(=O)N(CC)c3cccc(N(C)C)c3)c(=O)c3ccc(O)cc32)c1. The summed E-state index contributed by atoms with van der Waals surface area (Å²) in [6.45, 7) is 6.95. The molecule has 198 valence electrons. The van der Waals surface area contributed by atoms with Crippen LogP contribution in [-0.2, 0) is 0 Å². The minimum Gasteiger partial charge on any atom is -0.508 e. The number of anilines is 2. The molecule has 1 heterocycles. The van der Waals surface area contributed by atoms with Gasteiger partial charge in [-0.3, -0.25) is 9.59 Å². The van der Waals surface area contributed by atoms with Crippen molar-refractivity contribution in [2.24, 2.45) is 0 Å². The van der Waals surface area contributed by atoms with Crippen LogP contribution in [0, 0.1) is 0 Å². The largest absolute Gasteiger partial charge is 0.508 e. The highest BCUT2D eigenvalue weighted by Gasteiger charge is 2.23. The summed E-state index contributed by atoms with van der Waals surface area (Å²) >= 11 is 0. The van der Waals surface area contributed by atoms with E-state index in [0.717, 1.165) is 5.69 Å². The number of fused-ring (bicyclic) bond motifs is 1. The van der Waals surface area contributed by atoms with Crippen molar-refractivity contribution < 1.29 is 19.4 Å². The molecule has 8 heteroatoms. The van der Waals surface area contributed by atoms with E-state index in [0.29, 0.717) is 53.5 Å². The van der Waals surface area contributed by atoms with Crippen LogP contribution < -0.4 is 24.7 Å². The first kappa shape index (κ1) is 26.6. The molecular weight excluding hydrogens is 482 g/mol. The predicted molar refractivity (Wildman–Crippen MR) is 152 cm³/mol. The van der Waals surface area contributed by atoms with Gasteiger partial charge in [0.15, 0.2) is 0 Å². The number of carbonyl (C=O) groups is 1. The smallest absolute Gasteiger partial charge is 0.263 e. The number of hydrogen-bond acceptors (Lipinski definition) is 6. The average molecular weight is 516 g/mol. The van der Waals surface area contributed by atoms with E-state index >= 15 is 0 Å². The highest BCUT2D eigenvalue weighted by Crippen LogP contribution is 2.30. The van der Waals surface area contributed by atoms with Crippen LogP contribution in [-0.4, -0.2) is 49.4 Å². The van der Waals surface area contributed by atoms with Crippen molar-refractivity contribution in [2.75, 3.05) is 43.7 Å². The first-order valence-corrected chi connectivity index (χ1v) is 12.7. The number of aromatic hydroxyl groups is 1. The third-order valence-electron chi connectivity index (χ3n) is 6.20. The molecule has 0 radical (unpaired) electrons.